The average Bonchev–Trinajstić information content (AvgIpc) is 2.73. The van der Waals surface area contributed by atoms with Crippen molar-refractivity contribution in [1.82, 2.24) is 5.32 Å². The minimum atomic E-state index is -0.900. The molecule has 1 rings (SSSR count). The number of hydrogen-bond acceptors (Lipinski definition) is 5. The van der Waals surface area contributed by atoms with Crippen LogP contribution in [0.4, 0.5) is 0 Å². The largest absolute Gasteiger partial charge is 0.480 e. The van der Waals surface area contributed by atoms with Crippen LogP contribution in [0.5, 0.6) is 0 Å². The minimum Gasteiger partial charge on any atom is -0.480 e. The molecule has 1 aliphatic rings. The Morgan fingerprint density at radius 1 is 1.44 bits per heavy atom. The normalized spacial score (nSPS) is 23.9. The van der Waals surface area contributed by atoms with E-state index in [1.165, 1.54) is 0 Å². The molecule has 3 atom stereocenters. The molecule has 1 fully saturated rings. The first kappa shape index (κ1) is 16.8. The van der Waals surface area contributed by atoms with Gasteiger partial charge in [-0.25, -0.2) is 0 Å². The Labute approximate surface area is 106 Å². The van der Waals surface area contributed by atoms with Gasteiger partial charge in [0.25, 0.3) is 0 Å². The summed E-state index contributed by atoms with van der Waals surface area (Å²) in [6.45, 7) is 2.41. The van der Waals surface area contributed by atoms with Crippen LogP contribution < -0.4 is 11.1 Å². The first-order valence-electron chi connectivity index (χ1n) is 6.01. The molecular weight excluding hydrogens is 240 g/mol. The van der Waals surface area contributed by atoms with E-state index in [0.717, 1.165) is 12.8 Å². The maximum atomic E-state index is 10.2. The van der Waals surface area contributed by atoms with Gasteiger partial charge in [-0.2, -0.15) is 0 Å². The van der Waals surface area contributed by atoms with E-state index in [2.05, 4.69) is 5.32 Å². The molecule has 0 aromatic carbocycles. The van der Waals surface area contributed by atoms with E-state index in [1.54, 1.807) is 0 Å². The molecule has 0 spiro atoms. The predicted octanol–water partition coefficient (Wildman–Crippen LogP) is -0.618. The number of rotatable bonds is 5. The molecule has 18 heavy (non-hydrogen) atoms. The van der Waals surface area contributed by atoms with Crippen LogP contribution in [0.3, 0.4) is 0 Å². The summed E-state index contributed by atoms with van der Waals surface area (Å²) >= 11 is 0. The van der Waals surface area contributed by atoms with Crippen LogP contribution in [-0.4, -0.2) is 52.0 Å². The number of aliphatic carboxylic acids is 2. The lowest BCUT2D eigenvalue weighted by Crippen LogP contribution is -2.29. The summed E-state index contributed by atoms with van der Waals surface area (Å²) in [5.74, 6) is -1.78. The van der Waals surface area contributed by atoms with E-state index in [-0.39, 0.29) is 0 Å². The van der Waals surface area contributed by atoms with Crippen molar-refractivity contribution in [3.8, 4) is 0 Å². The second kappa shape index (κ2) is 8.84. The van der Waals surface area contributed by atoms with Crippen LogP contribution in [-0.2, 0) is 9.59 Å². The zero-order chi connectivity index (χ0) is 14.1. The summed E-state index contributed by atoms with van der Waals surface area (Å²) in [5.41, 5.74) is 5.20. The molecule has 3 unspecified atom stereocenters. The zero-order valence-electron chi connectivity index (χ0n) is 10.5. The minimum absolute atomic E-state index is 0.329. The highest BCUT2D eigenvalue weighted by atomic mass is 16.4. The molecule has 1 heterocycles. The Hall–Kier alpha value is -1.18. The lowest BCUT2D eigenvalue weighted by Gasteiger charge is -2.02. The van der Waals surface area contributed by atoms with Gasteiger partial charge in [0.05, 0.1) is 6.10 Å². The van der Waals surface area contributed by atoms with Crippen molar-refractivity contribution >= 4 is 11.9 Å². The van der Waals surface area contributed by atoms with E-state index in [0.29, 0.717) is 19.4 Å². The number of aliphatic hydroxyl groups excluding tert-OH is 1. The molecule has 7 heteroatoms. The third-order valence-electron chi connectivity index (χ3n) is 2.59. The summed E-state index contributed by atoms with van der Waals surface area (Å²) < 4.78 is 0. The van der Waals surface area contributed by atoms with Gasteiger partial charge in [-0.05, 0) is 6.42 Å². The highest BCUT2D eigenvalue weighted by Gasteiger charge is 2.27. The Morgan fingerprint density at radius 3 is 2.33 bits per heavy atom. The van der Waals surface area contributed by atoms with Crippen LogP contribution in [0.15, 0.2) is 0 Å². The molecule has 1 aliphatic heterocycles. The third-order valence-corrected chi connectivity index (χ3v) is 2.59. The SMILES string of the molecule is CCCCC(N)C(=O)O.O=C(O)C1CC(O)CN1. The summed E-state index contributed by atoms with van der Waals surface area (Å²) in [4.78, 5) is 20.3. The van der Waals surface area contributed by atoms with Gasteiger partial charge < -0.3 is 26.4 Å². The maximum Gasteiger partial charge on any atom is 0.320 e. The number of β-amino-alcohol motifs (C(OH)–C–C–N with tert-alkyl or cyclic N) is 1. The first-order chi connectivity index (χ1) is 8.38. The lowest BCUT2D eigenvalue weighted by atomic mass is 10.1. The zero-order valence-corrected chi connectivity index (χ0v) is 10.5. The summed E-state index contributed by atoms with van der Waals surface area (Å²) in [6, 6.07) is -1.20. The fourth-order valence-corrected chi connectivity index (χ4v) is 1.45. The maximum absolute atomic E-state index is 10.2. The number of aliphatic hydroxyl groups is 1. The molecule has 0 aliphatic carbocycles. The van der Waals surface area contributed by atoms with Gasteiger partial charge in [0.15, 0.2) is 0 Å². The Morgan fingerprint density at radius 2 is 2.06 bits per heavy atom. The van der Waals surface area contributed by atoms with Crippen molar-refractivity contribution in [1.29, 1.82) is 0 Å². The third kappa shape index (κ3) is 7.21. The van der Waals surface area contributed by atoms with Gasteiger partial charge in [-0.3, -0.25) is 9.59 Å². The quantitative estimate of drug-likeness (QED) is 0.446. The molecule has 0 amide bonds. The number of nitrogens with one attached hydrogen (secondary N) is 1. The van der Waals surface area contributed by atoms with Crippen LogP contribution in [0.25, 0.3) is 0 Å². The lowest BCUT2D eigenvalue weighted by molar-refractivity contribution is -0.139. The molecule has 0 aromatic rings. The van der Waals surface area contributed by atoms with Crippen LogP contribution in [0.2, 0.25) is 0 Å². The topological polar surface area (TPSA) is 133 Å². The Bertz CT molecular complexity index is 272. The number of unbranched alkanes of at least 4 members (excludes halogenated alkanes) is 1. The predicted molar refractivity (Wildman–Crippen MR) is 65.2 cm³/mol. The van der Waals surface area contributed by atoms with Gasteiger partial charge in [-0.1, -0.05) is 19.8 Å². The van der Waals surface area contributed by atoms with Crippen molar-refractivity contribution in [2.45, 2.75) is 50.8 Å². The van der Waals surface area contributed by atoms with Gasteiger partial charge in [0, 0.05) is 13.0 Å². The highest BCUT2D eigenvalue weighted by molar-refractivity contribution is 5.74. The number of carboxylic acid groups (broad SMARTS) is 2. The number of carbonyl (C=O) groups is 2. The monoisotopic (exact) mass is 262 g/mol. The van der Waals surface area contributed by atoms with Gasteiger partial charge in [-0.15, -0.1) is 0 Å². The van der Waals surface area contributed by atoms with Crippen molar-refractivity contribution in [2.24, 2.45) is 5.73 Å². The van der Waals surface area contributed by atoms with Crippen LogP contribution >= 0.6 is 0 Å². The first-order valence-corrected chi connectivity index (χ1v) is 6.01. The summed E-state index contributed by atoms with van der Waals surface area (Å²) in [5, 5.41) is 28.1. The van der Waals surface area contributed by atoms with E-state index in [4.69, 9.17) is 21.1 Å². The fraction of sp³-hybridized carbons (Fsp3) is 0.818. The molecule has 0 radical (unpaired) electrons. The highest BCUT2D eigenvalue weighted by Crippen LogP contribution is 2.05. The summed E-state index contributed by atoms with van der Waals surface area (Å²) in [7, 11) is 0. The van der Waals surface area contributed by atoms with Gasteiger partial charge >= 0.3 is 11.9 Å². The van der Waals surface area contributed by atoms with E-state index < -0.39 is 30.1 Å². The second-order valence-corrected chi connectivity index (χ2v) is 4.28. The van der Waals surface area contributed by atoms with Gasteiger partial charge in [0.1, 0.15) is 12.1 Å². The van der Waals surface area contributed by atoms with Crippen molar-refractivity contribution in [3.05, 3.63) is 0 Å². The van der Waals surface area contributed by atoms with E-state index >= 15 is 0 Å². The smallest absolute Gasteiger partial charge is 0.320 e. The molecule has 6 N–H and O–H groups in total. The number of carboxylic acids is 2. The number of hydrogen-bond donors (Lipinski definition) is 5. The van der Waals surface area contributed by atoms with Crippen molar-refractivity contribution < 1.29 is 24.9 Å². The molecule has 0 bridgehead atoms. The molecule has 1 saturated heterocycles. The number of nitrogens with two attached hydrogens (primary N) is 1. The Balaban J connectivity index is 0.000000321. The molecule has 0 saturated carbocycles. The van der Waals surface area contributed by atoms with Crippen molar-refractivity contribution in [3.63, 3.8) is 0 Å². The van der Waals surface area contributed by atoms with Crippen molar-refractivity contribution in [2.75, 3.05) is 6.54 Å². The fourth-order valence-electron chi connectivity index (χ4n) is 1.45. The van der Waals surface area contributed by atoms with Crippen LogP contribution in [0, 0.1) is 0 Å². The molecule has 0 aromatic heterocycles. The average molecular weight is 262 g/mol. The Kier molecular flexibility index (Phi) is 8.27. The summed E-state index contributed by atoms with van der Waals surface area (Å²) in [6.07, 6.45) is 2.33. The second-order valence-electron chi connectivity index (χ2n) is 4.28. The van der Waals surface area contributed by atoms with E-state index in [1.807, 2.05) is 6.92 Å². The van der Waals surface area contributed by atoms with Crippen LogP contribution in [0.1, 0.15) is 32.6 Å². The standard InChI is InChI=1S/C6H13NO2.C5H9NO3/c1-2-3-4-5(7)6(8)9;7-3-1-4(5(8)9)6-2-3/h5H,2-4,7H2,1H3,(H,8,9);3-4,6-7H,1-2H2,(H,8,9). The molecule has 7 nitrogen and oxygen atoms in total. The molecular formula is C11H22N2O5. The van der Waals surface area contributed by atoms with Gasteiger partial charge in [0.2, 0.25) is 0 Å². The van der Waals surface area contributed by atoms with E-state index in [9.17, 15) is 9.59 Å². The molecule has 106 valence electrons.